The van der Waals surface area contributed by atoms with E-state index in [1.807, 2.05) is 30.3 Å². The third-order valence-electron chi connectivity index (χ3n) is 5.75. The molecule has 1 saturated heterocycles. The van der Waals surface area contributed by atoms with Crippen molar-refractivity contribution in [2.24, 2.45) is 0 Å². The monoisotopic (exact) mass is 418 g/mol. The number of morpholine rings is 1. The van der Waals surface area contributed by atoms with Crippen LogP contribution in [0.3, 0.4) is 0 Å². The second-order valence-corrected chi connectivity index (χ2v) is 8.29. The van der Waals surface area contributed by atoms with Crippen molar-refractivity contribution < 1.29 is 14.3 Å². The van der Waals surface area contributed by atoms with E-state index in [1.165, 1.54) is 0 Å². The summed E-state index contributed by atoms with van der Waals surface area (Å²) in [4.78, 5) is 20.6. The van der Waals surface area contributed by atoms with Crippen molar-refractivity contribution in [1.29, 1.82) is 0 Å². The summed E-state index contributed by atoms with van der Waals surface area (Å²) in [5.41, 5.74) is 3.62. The van der Waals surface area contributed by atoms with Gasteiger partial charge in [-0.2, -0.15) is 0 Å². The van der Waals surface area contributed by atoms with Crippen LogP contribution in [0.4, 0.5) is 22.9 Å². The lowest BCUT2D eigenvalue weighted by Crippen LogP contribution is -2.45. The Labute approximate surface area is 181 Å². The number of hydrogen-bond donors (Lipinski definition) is 1. The average Bonchev–Trinajstić information content (AvgIpc) is 2.75. The SMILES string of the molecule is CC1CN(c2ccc3cc(Nc4ccc5c(c4)OCC(=O)N5C)ccc3n2)CC(C)O1. The van der Waals surface area contributed by atoms with E-state index in [1.54, 1.807) is 11.9 Å². The van der Waals surface area contributed by atoms with Crippen LogP contribution in [0.5, 0.6) is 5.75 Å². The Bertz CT molecular complexity index is 1140. The van der Waals surface area contributed by atoms with E-state index in [2.05, 4.69) is 42.3 Å². The molecule has 1 fully saturated rings. The van der Waals surface area contributed by atoms with Crippen molar-refractivity contribution in [3.8, 4) is 5.75 Å². The van der Waals surface area contributed by atoms with Gasteiger partial charge in [-0.1, -0.05) is 0 Å². The van der Waals surface area contributed by atoms with E-state index in [0.717, 1.165) is 46.9 Å². The number of benzene rings is 2. The number of pyridine rings is 1. The lowest BCUT2D eigenvalue weighted by atomic mass is 10.1. The predicted molar refractivity (Wildman–Crippen MR) is 123 cm³/mol. The molecule has 2 aliphatic heterocycles. The van der Waals surface area contributed by atoms with Crippen LogP contribution in [0.25, 0.3) is 10.9 Å². The van der Waals surface area contributed by atoms with Gasteiger partial charge in [0.15, 0.2) is 6.61 Å². The van der Waals surface area contributed by atoms with E-state index >= 15 is 0 Å². The number of hydrogen-bond acceptors (Lipinski definition) is 6. The summed E-state index contributed by atoms with van der Waals surface area (Å²) < 4.78 is 11.4. The fraction of sp³-hybridized carbons (Fsp3) is 0.333. The molecule has 0 aliphatic carbocycles. The van der Waals surface area contributed by atoms with Gasteiger partial charge < -0.3 is 24.6 Å². The quantitative estimate of drug-likeness (QED) is 0.695. The Kier molecular flexibility index (Phi) is 4.90. The standard InChI is InChI=1S/C24H26N4O3/c1-15-12-28(13-16(2)31-15)23-9-4-17-10-18(5-7-20(17)26-23)25-19-6-8-21-22(11-19)30-14-24(29)27(21)3/h4-11,15-16,25H,12-14H2,1-3H3. The van der Waals surface area contributed by atoms with Gasteiger partial charge in [0.1, 0.15) is 11.6 Å². The smallest absolute Gasteiger partial charge is 0.264 e. The molecule has 5 rings (SSSR count). The highest BCUT2D eigenvalue weighted by Crippen LogP contribution is 2.35. The lowest BCUT2D eigenvalue weighted by Gasteiger charge is -2.36. The van der Waals surface area contributed by atoms with E-state index in [4.69, 9.17) is 14.5 Å². The molecule has 160 valence electrons. The second kappa shape index (κ2) is 7.74. The first-order valence-electron chi connectivity index (χ1n) is 10.6. The van der Waals surface area contributed by atoms with Crippen molar-refractivity contribution in [1.82, 2.24) is 4.98 Å². The van der Waals surface area contributed by atoms with Gasteiger partial charge in [-0.25, -0.2) is 4.98 Å². The molecular formula is C24H26N4O3. The minimum Gasteiger partial charge on any atom is -0.481 e. The second-order valence-electron chi connectivity index (χ2n) is 8.29. The van der Waals surface area contributed by atoms with Gasteiger partial charge in [0.05, 0.1) is 23.4 Å². The van der Waals surface area contributed by atoms with Crippen LogP contribution in [0.1, 0.15) is 13.8 Å². The fourth-order valence-electron chi connectivity index (χ4n) is 4.26. The number of anilines is 4. The van der Waals surface area contributed by atoms with Crippen LogP contribution in [-0.4, -0.2) is 49.8 Å². The number of nitrogens with one attached hydrogen (secondary N) is 1. The summed E-state index contributed by atoms with van der Waals surface area (Å²) in [7, 11) is 1.76. The topological polar surface area (TPSA) is 66.9 Å². The Morgan fingerprint density at radius 1 is 1.00 bits per heavy atom. The van der Waals surface area contributed by atoms with Crippen LogP contribution in [0.15, 0.2) is 48.5 Å². The Morgan fingerprint density at radius 2 is 1.74 bits per heavy atom. The summed E-state index contributed by atoms with van der Waals surface area (Å²) in [6.07, 6.45) is 0.401. The number of carbonyl (C=O) groups is 1. The predicted octanol–water partition coefficient (Wildman–Crippen LogP) is 3.95. The van der Waals surface area contributed by atoms with E-state index in [9.17, 15) is 4.79 Å². The van der Waals surface area contributed by atoms with Crippen LogP contribution in [0, 0.1) is 0 Å². The molecule has 3 aromatic rings. The van der Waals surface area contributed by atoms with Gasteiger partial charge in [-0.15, -0.1) is 0 Å². The number of fused-ring (bicyclic) bond motifs is 2. The largest absolute Gasteiger partial charge is 0.481 e. The molecule has 2 aliphatic rings. The Balaban J connectivity index is 1.36. The average molecular weight is 418 g/mol. The summed E-state index contributed by atoms with van der Waals surface area (Å²) in [5.74, 6) is 1.64. The third kappa shape index (κ3) is 3.88. The Hall–Kier alpha value is -3.32. The number of likely N-dealkylation sites (N-methyl/N-ethyl adjacent to an activating group) is 1. The normalized spacial score (nSPS) is 21.1. The summed E-state index contributed by atoms with van der Waals surface area (Å²) in [6, 6.07) is 16.1. The summed E-state index contributed by atoms with van der Waals surface area (Å²) >= 11 is 0. The molecule has 2 atom stereocenters. The van der Waals surface area contributed by atoms with Crippen LogP contribution in [0.2, 0.25) is 0 Å². The lowest BCUT2D eigenvalue weighted by molar-refractivity contribution is -0.120. The van der Waals surface area contributed by atoms with Gasteiger partial charge in [-0.05, 0) is 56.3 Å². The number of rotatable bonds is 3. The highest BCUT2D eigenvalue weighted by atomic mass is 16.5. The molecule has 7 nitrogen and oxygen atoms in total. The van der Waals surface area contributed by atoms with Gasteiger partial charge in [0.25, 0.3) is 5.91 Å². The molecule has 31 heavy (non-hydrogen) atoms. The molecule has 7 heteroatoms. The number of aromatic nitrogens is 1. The maximum atomic E-state index is 11.8. The van der Waals surface area contributed by atoms with E-state index < -0.39 is 0 Å². The van der Waals surface area contributed by atoms with Gasteiger partial charge in [0, 0.05) is 43.0 Å². The Morgan fingerprint density at radius 3 is 2.55 bits per heavy atom. The number of amides is 1. The molecule has 0 saturated carbocycles. The molecule has 2 unspecified atom stereocenters. The molecule has 1 N–H and O–H groups in total. The molecule has 3 heterocycles. The van der Waals surface area contributed by atoms with Gasteiger partial charge in [0.2, 0.25) is 0 Å². The molecule has 2 aromatic carbocycles. The number of nitrogens with zero attached hydrogens (tertiary/aromatic N) is 3. The number of carbonyl (C=O) groups excluding carboxylic acids is 1. The van der Waals surface area contributed by atoms with Crippen molar-refractivity contribution in [3.05, 3.63) is 48.5 Å². The summed E-state index contributed by atoms with van der Waals surface area (Å²) in [6.45, 7) is 5.97. The van der Waals surface area contributed by atoms with Crippen molar-refractivity contribution >= 4 is 39.7 Å². The zero-order valence-electron chi connectivity index (χ0n) is 18.0. The zero-order chi connectivity index (χ0) is 21.5. The highest BCUT2D eigenvalue weighted by Gasteiger charge is 2.24. The highest BCUT2D eigenvalue weighted by molar-refractivity contribution is 5.97. The van der Waals surface area contributed by atoms with Crippen LogP contribution < -0.4 is 19.9 Å². The molecule has 0 spiro atoms. The van der Waals surface area contributed by atoms with Gasteiger partial charge >= 0.3 is 0 Å². The van der Waals surface area contributed by atoms with Gasteiger partial charge in [-0.3, -0.25) is 4.79 Å². The maximum absolute atomic E-state index is 11.8. The molecule has 0 radical (unpaired) electrons. The molecule has 1 amide bonds. The molecule has 0 bridgehead atoms. The first-order valence-corrected chi connectivity index (χ1v) is 10.6. The third-order valence-corrected chi connectivity index (χ3v) is 5.75. The summed E-state index contributed by atoms with van der Waals surface area (Å²) in [5, 5.41) is 4.50. The van der Waals surface area contributed by atoms with Crippen molar-refractivity contribution in [2.75, 3.05) is 41.9 Å². The first kappa shape index (κ1) is 19.6. The fourth-order valence-corrected chi connectivity index (χ4v) is 4.26. The van der Waals surface area contributed by atoms with Crippen molar-refractivity contribution in [3.63, 3.8) is 0 Å². The van der Waals surface area contributed by atoms with E-state index in [-0.39, 0.29) is 24.7 Å². The van der Waals surface area contributed by atoms with Crippen LogP contribution in [-0.2, 0) is 9.53 Å². The minimum absolute atomic E-state index is 0.0457. The molecule has 1 aromatic heterocycles. The minimum atomic E-state index is -0.0457. The molecular weight excluding hydrogens is 392 g/mol. The number of ether oxygens (including phenoxy) is 2. The zero-order valence-corrected chi connectivity index (χ0v) is 18.0. The first-order chi connectivity index (χ1) is 15.0. The van der Waals surface area contributed by atoms with Crippen molar-refractivity contribution in [2.45, 2.75) is 26.1 Å². The van der Waals surface area contributed by atoms with Crippen LogP contribution >= 0.6 is 0 Å². The maximum Gasteiger partial charge on any atom is 0.264 e. The van der Waals surface area contributed by atoms with E-state index in [0.29, 0.717) is 5.75 Å².